The van der Waals surface area contributed by atoms with E-state index in [1.54, 1.807) is 12.3 Å². The summed E-state index contributed by atoms with van der Waals surface area (Å²) in [6.07, 6.45) is 5.51. The summed E-state index contributed by atoms with van der Waals surface area (Å²) in [4.78, 5) is 13.3. The Morgan fingerprint density at radius 3 is 2.89 bits per heavy atom. The van der Waals surface area contributed by atoms with E-state index in [1.165, 1.54) is 32.4 Å². The SMILES string of the molecule is N#Cc1ccnc(N2CCC(N3CCCC3)C2)n1. The summed E-state index contributed by atoms with van der Waals surface area (Å²) in [7, 11) is 0. The number of nitriles is 1. The molecule has 0 aromatic carbocycles. The second-order valence-electron chi connectivity index (χ2n) is 4.99. The summed E-state index contributed by atoms with van der Waals surface area (Å²) in [5, 5.41) is 8.86. The lowest BCUT2D eigenvalue weighted by Crippen LogP contribution is -2.35. The average molecular weight is 243 g/mol. The van der Waals surface area contributed by atoms with E-state index in [4.69, 9.17) is 5.26 Å². The van der Waals surface area contributed by atoms with Crippen molar-refractivity contribution in [3.8, 4) is 6.07 Å². The zero-order valence-corrected chi connectivity index (χ0v) is 10.4. The molecule has 0 saturated carbocycles. The van der Waals surface area contributed by atoms with Crippen molar-refractivity contribution in [1.82, 2.24) is 14.9 Å². The Kier molecular flexibility index (Phi) is 3.11. The average Bonchev–Trinajstić information content (AvgIpc) is 3.09. The fraction of sp³-hybridized carbons (Fsp3) is 0.615. The monoisotopic (exact) mass is 243 g/mol. The molecule has 0 bridgehead atoms. The minimum atomic E-state index is 0.449. The molecule has 0 radical (unpaired) electrons. The molecule has 0 N–H and O–H groups in total. The number of hydrogen-bond donors (Lipinski definition) is 0. The Bertz CT molecular complexity index is 461. The molecule has 1 atom stereocenters. The van der Waals surface area contributed by atoms with Crippen molar-refractivity contribution < 1.29 is 0 Å². The van der Waals surface area contributed by atoms with E-state index in [2.05, 4.69) is 25.8 Å². The van der Waals surface area contributed by atoms with Crippen LogP contribution in [-0.2, 0) is 0 Å². The van der Waals surface area contributed by atoms with Gasteiger partial charge in [0.1, 0.15) is 11.8 Å². The van der Waals surface area contributed by atoms with E-state index in [-0.39, 0.29) is 0 Å². The molecule has 5 heteroatoms. The molecule has 1 unspecified atom stereocenters. The third-order valence-electron chi connectivity index (χ3n) is 3.86. The maximum atomic E-state index is 8.86. The first-order valence-electron chi connectivity index (χ1n) is 6.59. The number of aromatic nitrogens is 2. The Hall–Kier alpha value is -1.67. The Morgan fingerprint density at radius 2 is 2.11 bits per heavy atom. The predicted octanol–water partition coefficient (Wildman–Crippen LogP) is 1.02. The van der Waals surface area contributed by atoms with Crippen LogP contribution in [-0.4, -0.2) is 47.1 Å². The van der Waals surface area contributed by atoms with Crippen molar-refractivity contribution >= 4 is 5.95 Å². The van der Waals surface area contributed by atoms with Crippen molar-refractivity contribution in [2.45, 2.75) is 25.3 Å². The van der Waals surface area contributed by atoms with Crippen LogP contribution in [0.1, 0.15) is 25.0 Å². The Morgan fingerprint density at radius 1 is 1.28 bits per heavy atom. The van der Waals surface area contributed by atoms with Crippen LogP contribution in [0.4, 0.5) is 5.95 Å². The zero-order valence-electron chi connectivity index (χ0n) is 10.4. The van der Waals surface area contributed by atoms with Crippen LogP contribution in [0, 0.1) is 11.3 Å². The highest BCUT2D eigenvalue weighted by Gasteiger charge is 2.30. The molecule has 0 spiro atoms. The lowest BCUT2D eigenvalue weighted by molar-refractivity contribution is 0.260. The fourth-order valence-electron chi connectivity index (χ4n) is 2.89. The van der Waals surface area contributed by atoms with Gasteiger partial charge in [0.05, 0.1) is 0 Å². The molecule has 2 saturated heterocycles. The molecule has 94 valence electrons. The molecule has 2 aliphatic heterocycles. The highest BCUT2D eigenvalue weighted by Crippen LogP contribution is 2.22. The second-order valence-corrected chi connectivity index (χ2v) is 4.99. The number of nitrogens with zero attached hydrogens (tertiary/aromatic N) is 5. The normalized spacial score (nSPS) is 24.4. The van der Waals surface area contributed by atoms with E-state index in [1.807, 2.05) is 0 Å². The van der Waals surface area contributed by atoms with Crippen LogP contribution in [0.5, 0.6) is 0 Å². The van der Waals surface area contributed by atoms with Gasteiger partial charge in [0.2, 0.25) is 5.95 Å². The molecule has 1 aromatic rings. The summed E-state index contributed by atoms with van der Waals surface area (Å²) in [5.41, 5.74) is 0.449. The van der Waals surface area contributed by atoms with E-state index < -0.39 is 0 Å². The van der Waals surface area contributed by atoms with E-state index >= 15 is 0 Å². The second kappa shape index (κ2) is 4.91. The topological polar surface area (TPSA) is 56.1 Å². The molecule has 3 heterocycles. The van der Waals surface area contributed by atoms with Gasteiger partial charge in [-0.1, -0.05) is 0 Å². The fourth-order valence-corrected chi connectivity index (χ4v) is 2.89. The van der Waals surface area contributed by atoms with Gasteiger partial charge in [-0.2, -0.15) is 5.26 Å². The largest absolute Gasteiger partial charge is 0.339 e. The molecule has 5 nitrogen and oxygen atoms in total. The highest BCUT2D eigenvalue weighted by atomic mass is 15.3. The first-order valence-corrected chi connectivity index (χ1v) is 6.59. The van der Waals surface area contributed by atoms with Crippen molar-refractivity contribution in [2.75, 3.05) is 31.1 Å². The highest BCUT2D eigenvalue weighted by molar-refractivity contribution is 5.35. The summed E-state index contributed by atoms with van der Waals surface area (Å²) in [6.45, 7) is 4.46. The molecule has 0 aliphatic carbocycles. The van der Waals surface area contributed by atoms with Crippen LogP contribution in [0.2, 0.25) is 0 Å². The quantitative estimate of drug-likeness (QED) is 0.776. The predicted molar refractivity (Wildman–Crippen MR) is 68.2 cm³/mol. The first kappa shape index (κ1) is 11.4. The van der Waals surface area contributed by atoms with E-state index in [9.17, 15) is 0 Å². The van der Waals surface area contributed by atoms with Crippen molar-refractivity contribution in [3.63, 3.8) is 0 Å². The van der Waals surface area contributed by atoms with Gasteiger partial charge >= 0.3 is 0 Å². The Balaban J connectivity index is 1.69. The lowest BCUT2D eigenvalue weighted by atomic mass is 10.2. The maximum absolute atomic E-state index is 8.86. The molecule has 1 aromatic heterocycles. The minimum absolute atomic E-state index is 0.449. The van der Waals surface area contributed by atoms with E-state index in [0.717, 1.165) is 13.1 Å². The minimum Gasteiger partial charge on any atom is -0.339 e. The van der Waals surface area contributed by atoms with Gasteiger partial charge in [-0.05, 0) is 38.4 Å². The van der Waals surface area contributed by atoms with Crippen molar-refractivity contribution in [3.05, 3.63) is 18.0 Å². The van der Waals surface area contributed by atoms with Gasteiger partial charge in [-0.3, -0.25) is 4.90 Å². The van der Waals surface area contributed by atoms with Gasteiger partial charge in [-0.15, -0.1) is 0 Å². The third kappa shape index (κ3) is 2.16. The van der Waals surface area contributed by atoms with E-state index in [0.29, 0.717) is 17.7 Å². The number of rotatable bonds is 2. The molecular formula is C13H17N5. The van der Waals surface area contributed by atoms with Crippen LogP contribution in [0.25, 0.3) is 0 Å². The van der Waals surface area contributed by atoms with Gasteiger partial charge in [-0.25, -0.2) is 9.97 Å². The number of anilines is 1. The zero-order chi connectivity index (χ0) is 12.4. The third-order valence-corrected chi connectivity index (χ3v) is 3.86. The van der Waals surface area contributed by atoms with Crippen molar-refractivity contribution in [2.24, 2.45) is 0 Å². The van der Waals surface area contributed by atoms with Gasteiger partial charge in [0.25, 0.3) is 0 Å². The number of likely N-dealkylation sites (tertiary alicyclic amines) is 1. The van der Waals surface area contributed by atoms with Crippen molar-refractivity contribution in [1.29, 1.82) is 5.26 Å². The summed E-state index contributed by atoms with van der Waals surface area (Å²) < 4.78 is 0. The molecule has 2 fully saturated rings. The molecule has 2 aliphatic rings. The van der Waals surface area contributed by atoms with Crippen LogP contribution in [0.3, 0.4) is 0 Å². The Labute approximate surface area is 107 Å². The van der Waals surface area contributed by atoms with Crippen LogP contribution >= 0.6 is 0 Å². The molecule has 18 heavy (non-hydrogen) atoms. The number of hydrogen-bond acceptors (Lipinski definition) is 5. The summed E-state index contributed by atoms with van der Waals surface area (Å²) in [6, 6.07) is 4.36. The molecule has 3 rings (SSSR count). The van der Waals surface area contributed by atoms with Crippen LogP contribution in [0.15, 0.2) is 12.3 Å². The molecular weight excluding hydrogens is 226 g/mol. The van der Waals surface area contributed by atoms with Gasteiger partial charge < -0.3 is 4.90 Å². The first-order chi connectivity index (χ1) is 8.86. The summed E-state index contributed by atoms with van der Waals surface area (Å²) in [5.74, 6) is 0.704. The van der Waals surface area contributed by atoms with Gasteiger partial charge in [0, 0.05) is 25.3 Å². The molecule has 0 amide bonds. The standard InChI is InChI=1S/C13H17N5/c14-9-11-3-5-15-13(16-11)18-8-4-12(10-18)17-6-1-2-7-17/h3,5,12H,1-2,4,6-8,10H2. The smallest absolute Gasteiger partial charge is 0.226 e. The van der Waals surface area contributed by atoms with Gasteiger partial charge in [0.15, 0.2) is 0 Å². The van der Waals surface area contributed by atoms with Crippen LogP contribution < -0.4 is 4.90 Å². The summed E-state index contributed by atoms with van der Waals surface area (Å²) >= 11 is 0. The maximum Gasteiger partial charge on any atom is 0.226 e. The lowest BCUT2D eigenvalue weighted by Gasteiger charge is -2.23.